The zero-order valence-corrected chi connectivity index (χ0v) is 19.4. The smallest absolute Gasteiger partial charge is 0.191 e. The molecule has 1 aromatic carbocycles. The lowest BCUT2D eigenvalue weighted by Crippen LogP contribution is -2.51. The molecular formula is C20H29F2IN6. The van der Waals surface area contributed by atoms with Crippen molar-refractivity contribution in [1.29, 1.82) is 0 Å². The molecule has 1 aliphatic heterocycles. The van der Waals surface area contributed by atoms with Crippen molar-refractivity contribution in [1.82, 2.24) is 20.4 Å². The van der Waals surface area contributed by atoms with E-state index in [2.05, 4.69) is 25.6 Å². The number of hydrogen-bond acceptors (Lipinski definition) is 3. The van der Waals surface area contributed by atoms with E-state index < -0.39 is 11.6 Å². The van der Waals surface area contributed by atoms with E-state index in [1.54, 1.807) is 13.1 Å². The third-order valence-electron chi connectivity index (χ3n) is 5.13. The SMILES string of the molecule is CN=C(NCC(C)c1ccc(F)c(F)c1)NC1CCCN(c2cnn(C)c2)C1.I. The van der Waals surface area contributed by atoms with Crippen LogP contribution in [0, 0.1) is 11.6 Å². The number of guanidine groups is 1. The van der Waals surface area contributed by atoms with Crippen LogP contribution >= 0.6 is 24.0 Å². The topological polar surface area (TPSA) is 57.5 Å². The van der Waals surface area contributed by atoms with Gasteiger partial charge < -0.3 is 15.5 Å². The molecule has 2 heterocycles. The van der Waals surface area contributed by atoms with Gasteiger partial charge in [0.2, 0.25) is 0 Å². The number of aliphatic imine (C=N–C) groups is 1. The van der Waals surface area contributed by atoms with Crippen LogP contribution < -0.4 is 15.5 Å². The molecule has 9 heteroatoms. The van der Waals surface area contributed by atoms with Crippen LogP contribution in [0.25, 0.3) is 0 Å². The van der Waals surface area contributed by atoms with Gasteiger partial charge in [-0.1, -0.05) is 13.0 Å². The summed E-state index contributed by atoms with van der Waals surface area (Å²) >= 11 is 0. The highest BCUT2D eigenvalue weighted by atomic mass is 127. The Kier molecular flexibility index (Phi) is 8.66. The fraction of sp³-hybridized carbons (Fsp3) is 0.500. The molecule has 2 unspecified atom stereocenters. The molecule has 0 spiro atoms. The first-order valence-corrected chi connectivity index (χ1v) is 9.62. The number of aryl methyl sites for hydroxylation is 1. The minimum atomic E-state index is -0.822. The third-order valence-corrected chi connectivity index (χ3v) is 5.13. The van der Waals surface area contributed by atoms with Gasteiger partial charge in [0.05, 0.1) is 11.9 Å². The van der Waals surface area contributed by atoms with Gasteiger partial charge in [-0.05, 0) is 36.5 Å². The predicted octanol–water partition coefficient (Wildman–Crippen LogP) is 3.25. The number of piperidine rings is 1. The summed E-state index contributed by atoms with van der Waals surface area (Å²) in [6, 6.07) is 4.32. The maximum Gasteiger partial charge on any atom is 0.191 e. The van der Waals surface area contributed by atoms with Crippen LogP contribution in [0.5, 0.6) is 0 Å². The third kappa shape index (κ3) is 6.28. The van der Waals surface area contributed by atoms with E-state index in [9.17, 15) is 8.78 Å². The summed E-state index contributed by atoms with van der Waals surface area (Å²) in [6.07, 6.45) is 6.07. The van der Waals surface area contributed by atoms with Crippen molar-refractivity contribution in [3.05, 3.63) is 47.8 Å². The van der Waals surface area contributed by atoms with Crippen molar-refractivity contribution in [3.63, 3.8) is 0 Å². The number of benzene rings is 1. The Morgan fingerprint density at radius 2 is 2.14 bits per heavy atom. The molecule has 0 aliphatic carbocycles. The maximum absolute atomic E-state index is 13.4. The molecule has 1 aromatic heterocycles. The molecule has 160 valence electrons. The molecule has 0 radical (unpaired) electrons. The second kappa shape index (κ2) is 10.7. The van der Waals surface area contributed by atoms with Crippen LogP contribution in [0.15, 0.2) is 35.6 Å². The molecule has 1 fully saturated rings. The molecular weight excluding hydrogens is 489 g/mol. The molecule has 0 amide bonds. The van der Waals surface area contributed by atoms with E-state index in [0.717, 1.165) is 37.2 Å². The minimum absolute atomic E-state index is 0. The van der Waals surface area contributed by atoms with E-state index in [0.29, 0.717) is 12.5 Å². The lowest BCUT2D eigenvalue weighted by molar-refractivity contribution is 0.467. The Hall–Kier alpha value is -1.91. The van der Waals surface area contributed by atoms with Crippen LogP contribution in [0.4, 0.5) is 14.5 Å². The van der Waals surface area contributed by atoms with E-state index in [1.807, 2.05) is 31.0 Å². The lowest BCUT2D eigenvalue weighted by Gasteiger charge is -2.34. The van der Waals surface area contributed by atoms with E-state index in [4.69, 9.17) is 0 Å². The van der Waals surface area contributed by atoms with E-state index in [1.165, 1.54) is 12.1 Å². The van der Waals surface area contributed by atoms with Crippen molar-refractivity contribution < 1.29 is 8.78 Å². The summed E-state index contributed by atoms with van der Waals surface area (Å²) in [5.74, 6) is -0.902. The second-order valence-corrected chi connectivity index (χ2v) is 7.33. The van der Waals surface area contributed by atoms with Crippen molar-refractivity contribution in [2.24, 2.45) is 12.0 Å². The predicted molar refractivity (Wildman–Crippen MR) is 123 cm³/mol. The van der Waals surface area contributed by atoms with Crippen LogP contribution in [0.1, 0.15) is 31.2 Å². The number of nitrogens with one attached hydrogen (secondary N) is 2. The number of halogens is 3. The first-order valence-electron chi connectivity index (χ1n) is 9.62. The van der Waals surface area contributed by atoms with Gasteiger partial charge in [0.25, 0.3) is 0 Å². The number of nitrogens with zero attached hydrogens (tertiary/aromatic N) is 4. The summed E-state index contributed by atoms with van der Waals surface area (Å²) in [5, 5.41) is 11.0. The Bertz CT molecular complexity index is 825. The largest absolute Gasteiger partial charge is 0.367 e. The van der Waals surface area contributed by atoms with Gasteiger partial charge in [-0.25, -0.2) is 8.78 Å². The number of hydrogen-bond donors (Lipinski definition) is 2. The van der Waals surface area contributed by atoms with Gasteiger partial charge in [0.15, 0.2) is 17.6 Å². The zero-order valence-electron chi connectivity index (χ0n) is 17.0. The monoisotopic (exact) mass is 518 g/mol. The van der Waals surface area contributed by atoms with Gasteiger partial charge in [0.1, 0.15) is 0 Å². The fourth-order valence-electron chi connectivity index (χ4n) is 3.48. The maximum atomic E-state index is 13.4. The number of anilines is 1. The van der Waals surface area contributed by atoms with Gasteiger partial charge in [-0.3, -0.25) is 9.67 Å². The molecule has 6 nitrogen and oxygen atoms in total. The molecule has 1 aliphatic rings. The van der Waals surface area contributed by atoms with E-state index in [-0.39, 0.29) is 35.9 Å². The summed E-state index contributed by atoms with van der Waals surface area (Å²) in [4.78, 5) is 6.63. The fourth-order valence-corrected chi connectivity index (χ4v) is 3.48. The average molecular weight is 518 g/mol. The Morgan fingerprint density at radius 3 is 2.79 bits per heavy atom. The zero-order chi connectivity index (χ0) is 20.1. The summed E-state index contributed by atoms with van der Waals surface area (Å²) in [5.41, 5.74) is 1.88. The van der Waals surface area contributed by atoms with Crippen LogP contribution in [-0.2, 0) is 7.05 Å². The highest BCUT2D eigenvalue weighted by Gasteiger charge is 2.22. The first-order chi connectivity index (χ1) is 13.5. The summed E-state index contributed by atoms with van der Waals surface area (Å²) in [6.45, 7) is 4.44. The van der Waals surface area contributed by atoms with Crippen molar-refractivity contribution in [2.45, 2.75) is 31.7 Å². The van der Waals surface area contributed by atoms with Gasteiger partial charge >= 0.3 is 0 Å². The minimum Gasteiger partial charge on any atom is -0.367 e. The molecule has 2 aromatic rings. The van der Waals surface area contributed by atoms with Crippen molar-refractivity contribution in [3.8, 4) is 0 Å². The Balaban J connectivity index is 0.00000300. The molecule has 29 heavy (non-hydrogen) atoms. The summed E-state index contributed by atoms with van der Waals surface area (Å²) < 4.78 is 28.4. The summed E-state index contributed by atoms with van der Waals surface area (Å²) in [7, 11) is 3.66. The quantitative estimate of drug-likeness (QED) is 0.363. The van der Waals surface area contributed by atoms with Crippen molar-refractivity contribution in [2.75, 3.05) is 31.6 Å². The Morgan fingerprint density at radius 1 is 1.34 bits per heavy atom. The highest BCUT2D eigenvalue weighted by molar-refractivity contribution is 14.0. The van der Waals surface area contributed by atoms with Gasteiger partial charge in [-0.2, -0.15) is 5.10 Å². The van der Waals surface area contributed by atoms with Crippen LogP contribution in [0.2, 0.25) is 0 Å². The average Bonchev–Trinajstić information content (AvgIpc) is 3.13. The molecule has 0 saturated carbocycles. The molecule has 2 N–H and O–H groups in total. The van der Waals surface area contributed by atoms with Crippen LogP contribution in [0.3, 0.4) is 0 Å². The van der Waals surface area contributed by atoms with Crippen molar-refractivity contribution >= 4 is 35.6 Å². The van der Waals surface area contributed by atoms with Gasteiger partial charge in [0, 0.05) is 46.0 Å². The van der Waals surface area contributed by atoms with Gasteiger partial charge in [-0.15, -0.1) is 24.0 Å². The first kappa shape index (κ1) is 23.4. The molecule has 3 rings (SSSR count). The molecule has 1 saturated heterocycles. The van der Waals surface area contributed by atoms with E-state index >= 15 is 0 Å². The molecule has 2 atom stereocenters. The Labute approximate surface area is 187 Å². The normalized spacial score (nSPS) is 18.2. The second-order valence-electron chi connectivity index (χ2n) is 7.33. The lowest BCUT2D eigenvalue weighted by atomic mass is 10.0. The number of rotatable bonds is 5. The standard InChI is InChI=1S/C20H28F2N6.HI/c1-14(15-6-7-18(21)19(22)9-15)10-24-20(23-2)26-16-5-4-8-28(12-16)17-11-25-27(3)13-17;/h6-7,9,11,13-14,16H,4-5,8,10,12H2,1-3H3,(H2,23,24,26);1H. The number of aromatic nitrogens is 2. The highest BCUT2D eigenvalue weighted by Crippen LogP contribution is 2.19. The molecule has 0 bridgehead atoms. The van der Waals surface area contributed by atoms with Crippen LogP contribution in [-0.4, -0.2) is 48.5 Å².